The Kier molecular flexibility index (Phi) is 1.58. The average molecular weight is 166 g/mol. The van der Waals surface area contributed by atoms with Crippen LogP contribution in [-0.2, 0) is 0 Å². The lowest BCUT2D eigenvalue weighted by Crippen LogP contribution is -2.41. The molecule has 1 aliphatic carbocycles. The Labute approximate surface area is 61.2 Å². The number of rotatable bonds is 0. The molecule has 1 rings (SSSR count). The number of hydrogen-bond acceptors (Lipinski definition) is 0. The summed E-state index contributed by atoms with van der Waals surface area (Å²) in [6, 6.07) is 0. The Balaban J connectivity index is 3.09. The highest BCUT2D eigenvalue weighted by Crippen LogP contribution is 2.42. The maximum absolute atomic E-state index is 12.5. The van der Waals surface area contributed by atoms with Gasteiger partial charge in [-0.05, 0) is 13.0 Å². The summed E-state index contributed by atoms with van der Waals surface area (Å²) in [4.78, 5) is 0. The number of halogens is 4. The molecule has 0 bridgehead atoms. The molecule has 0 atom stereocenters. The number of hydrogen-bond donors (Lipinski definition) is 0. The predicted octanol–water partition coefficient (Wildman–Crippen LogP) is 2.77. The highest BCUT2D eigenvalue weighted by molar-refractivity contribution is 5.30. The molecule has 0 fully saturated rings. The van der Waals surface area contributed by atoms with Gasteiger partial charge in [-0.1, -0.05) is 12.2 Å². The van der Waals surface area contributed by atoms with Gasteiger partial charge < -0.3 is 0 Å². The van der Waals surface area contributed by atoms with Gasteiger partial charge in [-0.2, -0.15) is 17.6 Å². The Morgan fingerprint density at radius 3 is 2.09 bits per heavy atom. The maximum atomic E-state index is 12.5. The first kappa shape index (κ1) is 8.30. The SMILES string of the molecule is CC1=CC=CC(F)(F)C1(F)F. The second-order valence-corrected chi connectivity index (χ2v) is 2.41. The zero-order chi connectivity index (χ0) is 8.70. The molecule has 0 N–H and O–H groups in total. The van der Waals surface area contributed by atoms with Crippen LogP contribution in [0, 0.1) is 0 Å². The van der Waals surface area contributed by atoms with Gasteiger partial charge in [-0.25, -0.2) is 0 Å². The smallest absolute Gasteiger partial charge is 0.195 e. The van der Waals surface area contributed by atoms with Gasteiger partial charge >= 0.3 is 11.8 Å². The fourth-order valence-electron chi connectivity index (χ4n) is 0.786. The van der Waals surface area contributed by atoms with Crippen LogP contribution in [0.25, 0.3) is 0 Å². The van der Waals surface area contributed by atoms with Gasteiger partial charge in [0, 0.05) is 5.57 Å². The van der Waals surface area contributed by atoms with E-state index in [1.165, 1.54) is 0 Å². The van der Waals surface area contributed by atoms with E-state index in [0.717, 1.165) is 19.1 Å². The van der Waals surface area contributed by atoms with Crippen molar-refractivity contribution in [3.05, 3.63) is 23.8 Å². The van der Waals surface area contributed by atoms with Crippen molar-refractivity contribution in [2.45, 2.75) is 18.8 Å². The van der Waals surface area contributed by atoms with Gasteiger partial charge in [0.05, 0.1) is 0 Å². The second-order valence-electron chi connectivity index (χ2n) is 2.41. The van der Waals surface area contributed by atoms with Crippen LogP contribution in [0.15, 0.2) is 23.8 Å². The number of allylic oxidation sites excluding steroid dienone is 4. The van der Waals surface area contributed by atoms with E-state index in [2.05, 4.69) is 0 Å². The molecule has 0 saturated heterocycles. The van der Waals surface area contributed by atoms with E-state index in [0.29, 0.717) is 0 Å². The molecule has 62 valence electrons. The lowest BCUT2D eigenvalue weighted by atomic mass is 9.99. The molecule has 0 aromatic heterocycles. The molecular formula is C7H6F4. The highest BCUT2D eigenvalue weighted by Gasteiger charge is 2.56. The van der Waals surface area contributed by atoms with Crippen molar-refractivity contribution in [2.75, 3.05) is 0 Å². The first-order chi connectivity index (χ1) is 4.88. The lowest BCUT2D eigenvalue weighted by Gasteiger charge is -2.26. The zero-order valence-corrected chi connectivity index (χ0v) is 5.74. The average Bonchev–Trinajstić information content (AvgIpc) is 1.84. The summed E-state index contributed by atoms with van der Waals surface area (Å²) in [6.07, 6.45) is 2.13. The lowest BCUT2D eigenvalue weighted by molar-refractivity contribution is -0.155. The standard InChI is InChI=1S/C7H6F4/c1-5-3-2-4-6(8,9)7(5,10)11/h2-4H,1H3. The minimum absolute atomic E-state index is 0.208. The molecule has 0 heterocycles. The van der Waals surface area contributed by atoms with Crippen molar-refractivity contribution in [1.29, 1.82) is 0 Å². The Bertz CT molecular complexity index is 225. The summed E-state index contributed by atoms with van der Waals surface area (Å²) >= 11 is 0. The van der Waals surface area contributed by atoms with Crippen LogP contribution in [0.3, 0.4) is 0 Å². The van der Waals surface area contributed by atoms with Crippen molar-refractivity contribution < 1.29 is 17.6 Å². The molecule has 0 aliphatic heterocycles. The van der Waals surface area contributed by atoms with Crippen LogP contribution < -0.4 is 0 Å². The largest absolute Gasteiger partial charge is 0.335 e. The van der Waals surface area contributed by atoms with Crippen LogP contribution in [-0.4, -0.2) is 11.8 Å². The van der Waals surface area contributed by atoms with Crippen LogP contribution >= 0.6 is 0 Å². The summed E-state index contributed by atoms with van der Waals surface area (Å²) in [5.41, 5.74) is -0.606. The minimum Gasteiger partial charge on any atom is -0.195 e. The highest BCUT2D eigenvalue weighted by atomic mass is 19.3. The molecule has 0 saturated carbocycles. The third-order valence-electron chi connectivity index (χ3n) is 1.57. The van der Waals surface area contributed by atoms with E-state index in [-0.39, 0.29) is 6.08 Å². The number of alkyl halides is 4. The summed E-state index contributed by atoms with van der Waals surface area (Å²) in [5, 5.41) is 0. The molecule has 0 radical (unpaired) electrons. The van der Waals surface area contributed by atoms with E-state index in [1.54, 1.807) is 0 Å². The van der Waals surface area contributed by atoms with Crippen molar-refractivity contribution in [3.63, 3.8) is 0 Å². The maximum Gasteiger partial charge on any atom is 0.335 e. The Morgan fingerprint density at radius 2 is 1.73 bits per heavy atom. The van der Waals surface area contributed by atoms with E-state index in [1.807, 2.05) is 0 Å². The van der Waals surface area contributed by atoms with E-state index in [9.17, 15) is 17.6 Å². The summed E-state index contributed by atoms with van der Waals surface area (Å²) in [5.74, 6) is -8.06. The molecule has 11 heavy (non-hydrogen) atoms. The topological polar surface area (TPSA) is 0 Å². The van der Waals surface area contributed by atoms with Crippen LogP contribution in [0.5, 0.6) is 0 Å². The van der Waals surface area contributed by atoms with Crippen molar-refractivity contribution >= 4 is 0 Å². The third-order valence-corrected chi connectivity index (χ3v) is 1.57. The van der Waals surface area contributed by atoms with Crippen LogP contribution in [0.4, 0.5) is 17.6 Å². The Hall–Kier alpha value is -0.800. The molecule has 0 nitrogen and oxygen atoms in total. The molecule has 0 aromatic rings. The van der Waals surface area contributed by atoms with E-state index < -0.39 is 17.4 Å². The zero-order valence-electron chi connectivity index (χ0n) is 5.74. The predicted molar refractivity (Wildman–Crippen MR) is 32.8 cm³/mol. The third kappa shape index (κ3) is 1.06. The fourth-order valence-corrected chi connectivity index (χ4v) is 0.786. The Morgan fingerprint density at radius 1 is 1.18 bits per heavy atom. The van der Waals surface area contributed by atoms with Crippen LogP contribution in [0.1, 0.15) is 6.92 Å². The molecule has 0 unspecified atom stereocenters. The van der Waals surface area contributed by atoms with Gasteiger partial charge in [-0.15, -0.1) is 0 Å². The molecule has 0 spiro atoms. The monoisotopic (exact) mass is 166 g/mol. The van der Waals surface area contributed by atoms with Gasteiger partial charge in [-0.3, -0.25) is 0 Å². The van der Waals surface area contributed by atoms with E-state index >= 15 is 0 Å². The van der Waals surface area contributed by atoms with Crippen molar-refractivity contribution in [3.8, 4) is 0 Å². The second kappa shape index (κ2) is 2.09. The van der Waals surface area contributed by atoms with Gasteiger partial charge in [0.15, 0.2) is 0 Å². The first-order valence-electron chi connectivity index (χ1n) is 3.00. The molecule has 0 amide bonds. The minimum atomic E-state index is -4.04. The van der Waals surface area contributed by atoms with Gasteiger partial charge in [0.2, 0.25) is 0 Å². The molecule has 0 aromatic carbocycles. The first-order valence-corrected chi connectivity index (χ1v) is 3.00. The van der Waals surface area contributed by atoms with Gasteiger partial charge in [0.1, 0.15) is 0 Å². The quantitative estimate of drug-likeness (QED) is 0.485. The molecule has 4 heteroatoms. The fraction of sp³-hybridized carbons (Fsp3) is 0.429. The summed E-state index contributed by atoms with van der Waals surface area (Å²) < 4.78 is 49.7. The van der Waals surface area contributed by atoms with Crippen LogP contribution in [0.2, 0.25) is 0 Å². The van der Waals surface area contributed by atoms with E-state index in [4.69, 9.17) is 0 Å². The molecular weight excluding hydrogens is 160 g/mol. The summed E-state index contributed by atoms with van der Waals surface area (Å²) in [7, 11) is 0. The summed E-state index contributed by atoms with van der Waals surface area (Å²) in [6.45, 7) is 0.984. The molecule has 1 aliphatic rings. The van der Waals surface area contributed by atoms with Gasteiger partial charge in [0.25, 0.3) is 0 Å². The van der Waals surface area contributed by atoms with Crippen molar-refractivity contribution in [2.24, 2.45) is 0 Å². The van der Waals surface area contributed by atoms with Crippen molar-refractivity contribution in [1.82, 2.24) is 0 Å². The normalized spacial score (nSPS) is 26.5.